The van der Waals surface area contributed by atoms with Gasteiger partial charge >= 0.3 is 5.97 Å². The number of aromatic carboxylic acids is 1. The molecule has 0 spiro atoms. The minimum absolute atomic E-state index is 0.0691. The standard InChI is InChI=1S/C12H12N4O3/c17-11-10(2-1-5-13-11)16-9-4-3-7(12(18)19)6-8(9)14-15-16/h3-4,6,10H,1-2,5H2,(H,13,17)(H,18,19). The Hall–Kier alpha value is -2.44. The van der Waals surface area contributed by atoms with Crippen molar-refractivity contribution < 1.29 is 14.7 Å². The monoisotopic (exact) mass is 260 g/mol. The maximum absolute atomic E-state index is 11.8. The minimum atomic E-state index is -1.01. The number of rotatable bonds is 2. The van der Waals surface area contributed by atoms with Crippen LogP contribution in [0.5, 0.6) is 0 Å². The number of carboxylic acids is 1. The second-order valence-electron chi connectivity index (χ2n) is 4.49. The van der Waals surface area contributed by atoms with E-state index < -0.39 is 5.97 Å². The van der Waals surface area contributed by atoms with Crippen molar-refractivity contribution in [3.63, 3.8) is 0 Å². The smallest absolute Gasteiger partial charge is 0.335 e. The van der Waals surface area contributed by atoms with E-state index in [1.807, 2.05) is 0 Å². The van der Waals surface area contributed by atoms with E-state index in [4.69, 9.17) is 5.11 Å². The molecule has 7 nitrogen and oxygen atoms in total. The average molecular weight is 260 g/mol. The normalized spacial score (nSPS) is 19.4. The number of hydrogen-bond acceptors (Lipinski definition) is 4. The molecule has 0 saturated carbocycles. The fourth-order valence-electron chi connectivity index (χ4n) is 2.29. The van der Waals surface area contributed by atoms with E-state index in [2.05, 4.69) is 15.6 Å². The zero-order valence-electron chi connectivity index (χ0n) is 10.0. The van der Waals surface area contributed by atoms with Crippen LogP contribution in [0.3, 0.4) is 0 Å². The Morgan fingerprint density at radius 2 is 2.32 bits per heavy atom. The van der Waals surface area contributed by atoms with Crippen LogP contribution in [0.2, 0.25) is 0 Å². The summed E-state index contributed by atoms with van der Waals surface area (Å²) in [6.45, 7) is 0.686. The molecule has 1 aromatic heterocycles. The van der Waals surface area contributed by atoms with E-state index in [-0.39, 0.29) is 17.5 Å². The number of hydrogen-bond donors (Lipinski definition) is 2. The summed E-state index contributed by atoms with van der Waals surface area (Å²) in [4.78, 5) is 22.7. The first-order valence-electron chi connectivity index (χ1n) is 6.03. The Labute approximate surface area is 108 Å². The van der Waals surface area contributed by atoms with Gasteiger partial charge in [0.2, 0.25) is 5.91 Å². The molecule has 7 heteroatoms. The van der Waals surface area contributed by atoms with E-state index in [1.165, 1.54) is 12.1 Å². The summed E-state index contributed by atoms with van der Waals surface area (Å²) < 4.78 is 1.56. The number of carbonyl (C=O) groups excluding carboxylic acids is 1. The average Bonchev–Trinajstić information content (AvgIpc) is 2.82. The van der Waals surface area contributed by atoms with Crippen molar-refractivity contribution in [3.8, 4) is 0 Å². The largest absolute Gasteiger partial charge is 0.478 e. The molecule has 0 radical (unpaired) electrons. The van der Waals surface area contributed by atoms with Crippen molar-refractivity contribution in [2.45, 2.75) is 18.9 Å². The highest BCUT2D eigenvalue weighted by Gasteiger charge is 2.26. The Balaban J connectivity index is 2.05. The number of benzene rings is 1. The first kappa shape index (κ1) is 11.6. The van der Waals surface area contributed by atoms with Gasteiger partial charge in [0.1, 0.15) is 11.6 Å². The number of aromatic nitrogens is 3. The van der Waals surface area contributed by atoms with Crippen LogP contribution in [-0.4, -0.2) is 38.5 Å². The zero-order valence-corrected chi connectivity index (χ0v) is 10.0. The molecule has 1 amide bonds. The lowest BCUT2D eigenvalue weighted by molar-refractivity contribution is -0.126. The highest BCUT2D eigenvalue weighted by Crippen LogP contribution is 2.22. The van der Waals surface area contributed by atoms with Crippen molar-refractivity contribution in [1.82, 2.24) is 20.3 Å². The van der Waals surface area contributed by atoms with Gasteiger partial charge in [0, 0.05) is 6.54 Å². The van der Waals surface area contributed by atoms with Crippen molar-refractivity contribution in [1.29, 1.82) is 0 Å². The first-order valence-corrected chi connectivity index (χ1v) is 6.03. The highest BCUT2D eigenvalue weighted by atomic mass is 16.4. The van der Waals surface area contributed by atoms with Crippen LogP contribution in [-0.2, 0) is 4.79 Å². The molecule has 1 saturated heterocycles. The molecular weight excluding hydrogens is 248 g/mol. The van der Waals surface area contributed by atoms with Crippen LogP contribution in [0.15, 0.2) is 18.2 Å². The van der Waals surface area contributed by atoms with Gasteiger partial charge in [-0.2, -0.15) is 0 Å². The molecule has 1 aromatic carbocycles. The molecule has 0 aliphatic carbocycles. The third kappa shape index (κ3) is 1.92. The van der Waals surface area contributed by atoms with Gasteiger partial charge in [-0.1, -0.05) is 5.21 Å². The number of amides is 1. The van der Waals surface area contributed by atoms with Crippen molar-refractivity contribution in [2.24, 2.45) is 0 Å². The predicted molar refractivity (Wildman–Crippen MR) is 65.8 cm³/mol. The second-order valence-corrected chi connectivity index (χ2v) is 4.49. The summed E-state index contributed by atoms with van der Waals surface area (Å²) in [5, 5.41) is 19.6. The van der Waals surface area contributed by atoms with Gasteiger partial charge in [0.15, 0.2) is 0 Å². The molecule has 98 valence electrons. The molecule has 1 unspecified atom stereocenters. The van der Waals surface area contributed by atoms with Crippen molar-refractivity contribution >= 4 is 22.9 Å². The quantitative estimate of drug-likeness (QED) is 0.823. The first-order chi connectivity index (χ1) is 9.16. The SMILES string of the molecule is O=C(O)c1ccc2c(c1)nnn2C1CCCNC1=O. The topological polar surface area (TPSA) is 97.1 Å². The summed E-state index contributed by atoms with van der Waals surface area (Å²) in [6.07, 6.45) is 1.61. The molecule has 2 N–H and O–H groups in total. The van der Waals surface area contributed by atoms with Crippen LogP contribution in [0.1, 0.15) is 29.2 Å². The van der Waals surface area contributed by atoms with Crippen LogP contribution < -0.4 is 5.32 Å². The van der Waals surface area contributed by atoms with Crippen LogP contribution in [0.4, 0.5) is 0 Å². The lowest BCUT2D eigenvalue weighted by atomic mass is 10.1. The fraction of sp³-hybridized carbons (Fsp3) is 0.333. The van der Waals surface area contributed by atoms with Gasteiger partial charge in [-0.15, -0.1) is 5.10 Å². The summed E-state index contributed by atoms with van der Waals surface area (Å²) in [5.74, 6) is -1.08. The van der Waals surface area contributed by atoms with E-state index in [0.717, 1.165) is 6.42 Å². The molecule has 2 aromatic rings. The highest BCUT2D eigenvalue weighted by molar-refractivity contribution is 5.92. The number of nitrogens with one attached hydrogen (secondary N) is 1. The van der Waals surface area contributed by atoms with Crippen molar-refractivity contribution in [3.05, 3.63) is 23.8 Å². The second kappa shape index (κ2) is 4.34. The Kier molecular flexibility index (Phi) is 2.66. The third-order valence-corrected chi connectivity index (χ3v) is 3.27. The number of nitrogens with zero attached hydrogens (tertiary/aromatic N) is 3. The molecule has 3 rings (SSSR count). The number of carbonyl (C=O) groups is 2. The Morgan fingerprint density at radius 3 is 3.05 bits per heavy atom. The summed E-state index contributed by atoms with van der Waals surface area (Å²) in [5.41, 5.74) is 1.32. The molecule has 0 bridgehead atoms. The Bertz CT molecular complexity index is 664. The maximum Gasteiger partial charge on any atom is 0.335 e. The van der Waals surface area contributed by atoms with Crippen LogP contribution in [0, 0.1) is 0 Å². The minimum Gasteiger partial charge on any atom is -0.478 e. The van der Waals surface area contributed by atoms with E-state index >= 15 is 0 Å². The molecule has 1 aliphatic rings. The van der Waals surface area contributed by atoms with Crippen molar-refractivity contribution in [2.75, 3.05) is 6.54 Å². The van der Waals surface area contributed by atoms with Crippen LogP contribution >= 0.6 is 0 Å². The summed E-state index contributed by atoms with van der Waals surface area (Å²) >= 11 is 0. The van der Waals surface area contributed by atoms with Gasteiger partial charge in [-0.05, 0) is 31.0 Å². The molecule has 1 atom stereocenters. The van der Waals surface area contributed by atoms with Crippen LogP contribution in [0.25, 0.3) is 11.0 Å². The van der Waals surface area contributed by atoms with Gasteiger partial charge in [0.25, 0.3) is 0 Å². The molecule has 1 aliphatic heterocycles. The van der Waals surface area contributed by atoms with E-state index in [9.17, 15) is 9.59 Å². The number of carboxylic acid groups (broad SMARTS) is 1. The zero-order chi connectivity index (χ0) is 13.4. The number of fused-ring (bicyclic) bond motifs is 1. The summed E-state index contributed by atoms with van der Waals surface area (Å²) in [7, 11) is 0. The molecule has 19 heavy (non-hydrogen) atoms. The van der Waals surface area contributed by atoms with Gasteiger partial charge in [-0.25, -0.2) is 9.48 Å². The Morgan fingerprint density at radius 1 is 1.47 bits per heavy atom. The maximum atomic E-state index is 11.8. The van der Waals surface area contributed by atoms with Gasteiger partial charge in [0.05, 0.1) is 11.1 Å². The molecule has 2 heterocycles. The lowest BCUT2D eigenvalue weighted by Crippen LogP contribution is -2.38. The molecule has 1 fully saturated rings. The fourth-order valence-corrected chi connectivity index (χ4v) is 2.29. The predicted octanol–water partition coefficient (Wildman–Crippen LogP) is 0.581. The van der Waals surface area contributed by atoms with E-state index in [0.29, 0.717) is 24.0 Å². The number of piperidine rings is 1. The molecular formula is C12H12N4O3. The summed E-state index contributed by atoms with van der Waals surface area (Å²) in [6, 6.07) is 4.22. The van der Waals surface area contributed by atoms with Gasteiger partial charge in [-0.3, -0.25) is 4.79 Å². The van der Waals surface area contributed by atoms with E-state index in [1.54, 1.807) is 10.7 Å². The third-order valence-electron chi connectivity index (χ3n) is 3.27. The van der Waals surface area contributed by atoms with Gasteiger partial charge < -0.3 is 10.4 Å². The lowest BCUT2D eigenvalue weighted by Gasteiger charge is -2.21.